The van der Waals surface area contributed by atoms with Crippen molar-refractivity contribution in [3.05, 3.63) is 0 Å². The molecule has 0 heterocycles. The van der Waals surface area contributed by atoms with E-state index in [-0.39, 0.29) is 22.8 Å². The summed E-state index contributed by atoms with van der Waals surface area (Å²) in [4.78, 5) is 23.0. The van der Waals surface area contributed by atoms with Crippen molar-refractivity contribution in [2.24, 2.45) is 5.92 Å². The van der Waals surface area contributed by atoms with Crippen molar-refractivity contribution in [2.45, 2.75) is 51.9 Å². The van der Waals surface area contributed by atoms with E-state index >= 15 is 0 Å². The standard InChI is InChI=1S/C12H21N3O2S/c1-2-6-10(16)14-15-12(18)13-11(17)9-7-4-3-5-8-9/h9H,2-8H2,1H3,(H,14,16)(H2,13,15,17,18). The zero-order chi connectivity index (χ0) is 13.4. The molecule has 1 saturated carbocycles. The van der Waals surface area contributed by atoms with Crippen molar-refractivity contribution < 1.29 is 9.59 Å². The van der Waals surface area contributed by atoms with Gasteiger partial charge in [0.15, 0.2) is 5.11 Å². The van der Waals surface area contributed by atoms with Crippen LogP contribution < -0.4 is 16.2 Å². The lowest BCUT2D eigenvalue weighted by Gasteiger charge is -2.21. The summed E-state index contributed by atoms with van der Waals surface area (Å²) < 4.78 is 0. The molecule has 5 nitrogen and oxygen atoms in total. The second-order valence-corrected chi connectivity index (χ2v) is 4.98. The average Bonchev–Trinajstić information content (AvgIpc) is 2.38. The first-order valence-electron chi connectivity index (χ1n) is 6.53. The number of amides is 2. The molecule has 1 fully saturated rings. The molecule has 1 aliphatic rings. The SMILES string of the molecule is CCCC(=O)NNC(=S)NC(=O)C1CCCCC1. The summed E-state index contributed by atoms with van der Waals surface area (Å²) in [6.45, 7) is 1.92. The minimum Gasteiger partial charge on any atom is -0.302 e. The van der Waals surface area contributed by atoms with E-state index in [2.05, 4.69) is 16.2 Å². The Kier molecular flexibility index (Phi) is 6.64. The summed E-state index contributed by atoms with van der Waals surface area (Å²) in [6.07, 6.45) is 6.48. The van der Waals surface area contributed by atoms with Crippen LogP contribution >= 0.6 is 12.2 Å². The van der Waals surface area contributed by atoms with E-state index in [1.807, 2.05) is 6.92 Å². The molecule has 18 heavy (non-hydrogen) atoms. The van der Waals surface area contributed by atoms with Crippen LogP contribution in [0.2, 0.25) is 0 Å². The topological polar surface area (TPSA) is 70.2 Å². The van der Waals surface area contributed by atoms with Gasteiger partial charge in [0.05, 0.1) is 0 Å². The first kappa shape index (κ1) is 14.9. The van der Waals surface area contributed by atoms with Crippen molar-refractivity contribution in [3.63, 3.8) is 0 Å². The molecule has 0 spiro atoms. The molecule has 1 rings (SSSR count). The molecule has 0 aromatic carbocycles. The predicted octanol–water partition coefficient (Wildman–Crippen LogP) is 1.39. The highest BCUT2D eigenvalue weighted by molar-refractivity contribution is 7.80. The van der Waals surface area contributed by atoms with E-state index in [1.54, 1.807) is 0 Å². The fourth-order valence-electron chi connectivity index (χ4n) is 2.03. The van der Waals surface area contributed by atoms with Gasteiger partial charge in [-0.3, -0.25) is 20.4 Å². The number of hydrogen-bond acceptors (Lipinski definition) is 3. The van der Waals surface area contributed by atoms with Gasteiger partial charge in [-0.05, 0) is 31.5 Å². The van der Waals surface area contributed by atoms with Crippen molar-refractivity contribution in [1.82, 2.24) is 16.2 Å². The molecule has 0 radical (unpaired) electrons. The zero-order valence-electron chi connectivity index (χ0n) is 10.8. The maximum Gasteiger partial charge on any atom is 0.238 e. The third kappa shape index (κ3) is 5.44. The minimum atomic E-state index is -0.133. The van der Waals surface area contributed by atoms with E-state index in [0.717, 1.165) is 32.1 Å². The van der Waals surface area contributed by atoms with Crippen LogP contribution in [0.3, 0.4) is 0 Å². The molecule has 0 atom stereocenters. The van der Waals surface area contributed by atoms with E-state index in [9.17, 15) is 9.59 Å². The van der Waals surface area contributed by atoms with Gasteiger partial charge in [-0.15, -0.1) is 0 Å². The number of thiocarbonyl (C=S) groups is 1. The van der Waals surface area contributed by atoms with Crippen molar-refractivity contribution >= 4 is 29.1 Å². The maximum absolute atomic E-state index is 11.8. The molecule has 1 aliphatic carbocycles. The lowest BCUT2D eigenvalue weighted by molar-refractivity contribution is -0.125. The first-order chi connectivity index (χ1) is 8.63. The van der Waals surface area contributed by atoms with E-state index in [1.165, 1.54) is 6.42 Å². The van der Waals surface area contributed by atoms with Crippen LogP contribution in [-0.2, 0) is 9.59 Å². The summed E-state index contributed by atoms with van der Waals surface area (Å²) in [5.41, 5.74) is 4.98. The van der Waals surface area contributed by atoms with Crippen LogP contribution in [0, 0.1) is 5.92 Å². The van der Waals surface area contributed by atoms with Crippen LogP contribution in [-0.4, -0.2) is 16.9 Å². The average molecular weight is 271 g/mol. The van der Waals surface area contributed by atoms with Gasteiger partial charge in [0.2, 0.25) is 11.8 Å². The number of carbonyl (C=O) groups excluding carboxylic acids is 2. The Bertz CT molecular complexity index is 314. The summed E-state index contributed by atoms with van der Waals surface area (Å²) in [5, 5.41) is 2.78. The number of hydrazine groups is 1. The second-order valence-electron chi connectivity index (χ2n) is 4.58. The minimum absolute atomic E-state index is 0.0445. The number of nitrogens with one attached hydrogen (secondary N) is 3. The maximum atomic E-state index is 11.8. The molecule has 102 valence electrons. The van der Waals surface area contributed by atoms with Crippen LogP contribution in [0.4, 0.5) is 0 Å². The predicted molar refractivity (Wildman–Crippen MR) is 73.5 cm³/mol. The van der Waals surface area contributed by atoms with Crippen LogP contribution in [0.15, 0.2) is 0 Å². The van der Waals surface area contributed by atoms with Crippen molar-refractivity contribution in [3.8, 4) is 0 Å². The fraction of sp³-hybridized carbons (Fsp3) is 0.750. The molecule has 0 bridgehead atoms. The lowest BCUT2D eigenvalue weighted by Crippen LogP contribution is -2.49. The summed E-state index contributed by atoms with van der Waals surface area (Å²) in [7, 11) is 0. The number of carbonyl (C=O) groups is 2. The smallest absolute Gasteiger partial charge is 0.238 e. The molecule has 2 amide bonds. The van der Waals surface area contributed by atoms with E-state index in [4.69, 9.17) is 12.2 Å². The van der Waals surface area contributed by atoms with Crippen LogP contribution in [0.5, 0.6) is 0 Å². The van der Waals surface area contributed by atoms with Gasteiger partial charge in [0.1, 0.15) is 0 Å². The van der Waals surface area contributed by atoms with Gasteiger partial charge in [0, 0.05) is 12.3 Å². The second kappa shape index (κ2) is 8.02. The normalized spacial score (nSPS) is 15.8. The number of hydrogen-bond donors (Lipinski definition) is 3. The Balaban J connectivity index is 2.22. The molecule has 0 saturated heterocycles. The highest BCUT2D eigenvalue weighted by atomic mass is 32.1. The van der Waals surface area contributed by atoms with E-state index in [0.29, 0.717) is 6.42 Å². The lowest BCUT2D eigenvalue weighted by atomic mass is 9.89. The Morgan fingerprint density at radius 3 is 2.44 bits per heavy atom. The molecule has 0 aromatic heterocycles. The highest BCUT2D eigenvalue weighted by Gasteiger charge is 2.21. The highest BCUT2D eigenvalue weighted by Crippen LogP contribution is 2.23. The third-order valence-electron chi connectivity index (χ3n) is 3.01. The molecular formula is C12H21N3O2S. The Morgan fingerprint density at radius 1 is 1.17 bits per heavy atom. The van der Waals surface area contributed by atoms with Gasteiger partial charge in [-0.1, -0.05) is 26.2 Å². The van der Waals surface area contributed by atoms with Gasteiger partial charge in [-0.25, -0.2) is 0 Å². The molecule has 0 aliphatic heterocycles. The largest absolute Gasteiger partial charge is 0.302 e. The van der Waals surface area contributed by atoms with Crippen molar-refractivity contribution in [2.75, 3.05) is 0 Å². The van der Waals surface area contributed by atoms with Gasteiger partial charge in [0.25, 0.3) is 0 Å². The Hall–Kier alpha value is -1.17. The summed E-state index contributed by atoms with van der Waals surface area (Å²) in [6, 6.07) is 0. The monoisotopic (exact) mass is 271 g/mol. The summed E-state index contributed by atoms with van der Waals surface area (Å²) in [5.74, 6) is -0.117. The van der Waals surface area contributed by atoms with Gasteiger partial charge >= 0.3 is 0 Å². The summed E-state index contributed by atoms with van der Waals surface area (Å²) >= 11 is 4.94. The molecule has 0 aromatic rings. The van der Waals surface area contributed by atoms with Gasteiger partial charge < -0.3 is 5.32 Å². The van der Waals surface area contributed by atoms with Crippen LogP contribution in [0.1, 0.15) is 51.9 Å². The molecular weight excluding hydrogens is 250 g/mol. The van der Waals surface area contributed by atoms with Crippen LogP contribution in [0.25, 0.3) is 0 Å². The number of rotatable bonds is 3. The Morgan fingerprint density at radius 2 is 1.83 bits per heavy atom. The Labute approximate surface area is 113 Å². The van der Waals surface area contributed by atoms with Gasteiger partial charge in [-0.2, -0.15) is 0 Å². The van der Waals surface area contributed by atoms with Crippen molar-refractivity contribution in [1.29, 1.82) is 0 Å². The van der Waals surface area contributed by atoms with E-state index < -0.39 is 0 Å². The molecule has 0 unspecified atom stereocenters. The molecule has 3 N–H and O–H groups in total. The third-order valence-corrected chi connectivity index (χ3v) is 3.21. The first-order valence-corrected chi connectivity index (χ1v) is 6.94. The fourth-order valence-corrected chi connectivity index (χ4v) is 2.18. The quantitative estimate of drug-likeness (QED) is 0.536. The zero-order valence-corrected chi connectivity index (χ0v) is 11.6. The molecule has 6 heteroatoms.